The summed E-state index contributed by atoms with van der Waals surface area (Å²) >= 11 is 9.24. The first-order valence-electron chi connectivity index (χ1n) is 5.63. The summed E-state index contributed by atoms with van der Waals surface area (Å²) in [6, 6.07) is 5.40. The lowest BCUT2D eigenvalue weighted by molar-refractivity contribution is -0.120. The van der Waals surface area contributed by atoms with Crippen molar-refractivity contribution in [2.45, 2.75) is 12.8 Å². The van der Waals surface area contributed by atoms with Crippen LogP contribution in [0, 0.1) is 5.92 Å². The molecular formula is C12H14BrClN2O. The largest absolute Gasteiger partial charge is 0.326 e. The monoisotopic (exact) mass is 316 g/mol. The number of hydrogen-bond donors (Lipinski definition) is 2. The number of halogens is 2. The molecule has 0 atom stereocenters. The van der Waals surface area contributed by atoms with Gasteiger partial charge in [0.15, 0.2) is 0 Å². The van der Waals surface area contributed by atoms with Gasteiger partial charge in [0.25, 0.3) is 0 Å². The normalized spacial score (nSPS) is 16.8. The van der Waals surface area contributed by atoms with Gasteiger partial charge in [-0.2, -0.15) is 0 Å². The molecule has 1 aliphatic heterocycles. The maximum atomic E-state index is 12.0. The molecule has 0 unspecified atom stereocenters. The lowest BCUT2D eigenvalue weighted by Crippen LogP contribution is -2.34. The van der Waals surface area contributed by atoms with Gasteiger partial charge in [-0.25, -0.2) is 0 Å². The Hall–Kier alpha value is -0.580. The van der Waals surface area contributed by atoms with Gasteiger partial charge in [-0.15, -0.1) is 0 Å². The van der Waals surface area contributed by atoms with Crippen molar-refractivity contribution in [2.75, 3.05) is 18.4 Å². The first kappa shape index (κ1) is 12.9. The van der Waals surface area contributed by atoms with Crippen molar-refractivity contribution in [1.82, 2.24) is 5.32 Å². The van der Waals surface area contributed by atoms with E-state index >= 15 is 0 Å². The summed E-state index contributed by atoms with van der Waals surface area (Å²) in [5.41, 5.74) is 0.782. The molecule has 92 valence electrons. The Kier molecular flexibility index (Phi) is 4.42. The van der Waals surface area contributed by atoms with Crippen molar-refractivity contribution in [3.63, 3.8) is 0 Å². The highest BCUT2D eigenvalue weighted by Crippen LogP contribution is 2.26. The molecule has 1 amide bonds. The van der Waals surface area contributed by atoms with Gasteiger partial charge in [-0.1, -0.05) is 11.6 Å². The molecule has 17 heavy (non-hydrogen) atoms. The number of benzene rings is 1. The van der Waals surface area contributed by atoms with E-state index in [0.29, 0.717) is 5.02 Å². The van der Waals surface area contributed by atoms with Gasteiger partial charge in [0, 0.05) is 16.1 Å². The second-order valence-electron chi connectivity index (χ2n) is 4.14. The highest BCUT2D eigenvalue weighted by atomic mass is 79.9. The first-order valence-corrected chi connectivity index (χ1v) is 6.80. The van der Waals surface area contributed by atoms with Crippen LogP contribution in [0.3, 0.4) is 0 Å². The average Bonchev–Trinajstić information content (AvgIpc) is 2.35. The van der Waals surface area contributed by atoms with E-state index in [1.54, 1.807) is 6.07 Å². The minimum atomic E-state index is 0.0979. The molecule has 0 aliphatic carbocycles. The molecule has 1 fully saturated rings. The molecule has 0 spiro atoms. The maximum Gasteiger partial charge on any atom is 0.227 e. The SMILES string of the molecule is O=C(Nc1ccc(Cl)c(Br)c1)C1CCNCC1. The fourth-order valence-electron chi connectivity index (χ4n) is 1.90. The van der Waals surface area contributed by atoms with E-state index in [0.717, 1.165) is 36.1 Å². The third-order valence-corrected chi connectivity index (χ3v) is 4.11. The van der Waals surface area contributed by atoms with E-state index in [2.05, 4.69) is 26.6 Å². The van der Waals surface area contributed by atoms with Gasteiger partial charge >= 0.3 is 0 Å². The van der Waals surface area contributed by atoms with E-state index in [1.807, 2.05) is 12.1 Å². The molecule has 5 heteroatoms. The van der Waals surface area contributed by atoms with Gasteiger partial charge in [0.2, 0.25) is 5.91 Å². The topological polar surface area (TPSA) is 41.1 Å². The first-order chi connectivity index (χ1) is 8.16. The Bertz CT molecular complexity index is 419. The molecular weight excluding hydrogens is 304 g/mol. The van der Waals surface area contributed by atoms with E-state index in [9.17, 15) is 4.79 Å². The van der Waals surface area contributed by atoms with Crippen molar-refractivity contribution in [2.24, 2.45) is 5.92 Å². The minimum Gasteiger partial charge on any atom is -0.326 e. The molecule has 0 saturated carbocycles. The van der Waals surface area contributed by atoms with Crippen LogP contribution in [-0.2, 0) is 4.79 Å². The molecule has 2 rings (SSSR count). The van der Waals surface area contributed by atoms with Crippen LogP contribution in [0.25, 0.3) is 0 Å². The molecule has 2 N–H and O–H groups in total. The molecule has 1 aliphatic rings. The van der Waals surface area contributed by atoms with Crippen LogP contribution in [-0.4, -0.2) is 19.0 Å². The van der Waals surface area contributed by atoms with Crippen molar-refractivity contribution in [1.29, 1.82) is 0 Å². The summed E-state index contributed by atoms with van der Waals surface area (Å²) in [7, 11) is 0. The highest BCUT2D eigenvalue weighted by Gasteiger charge is 2.20. The molecule has 3 nitrogen and oxygen atoms in total. The highest BCUT2D eigenvalue weighted by molar-refractivity contribution is 9.10. The number of rotatable bonds is 2. The number of piperidine rings is 1. The smallest absolute Gasteiger partial charge is 0.227 e. The van der Waals surface area contributed by atoms with Crippen molar-refractivity contribution in [3.05, 3.63) is 27.7 Å². The van der Waals surface area contributed by atoms with Crippen LogP contribution in [0.1, 0.15) is 12.8 Å². The van der Waals surface area contributed by atoms with Crippen LogP contribution in [0.5, 0.6) is 0 Å². The van der Waals surface area contributed by atoms with Crippen LogP contribution in [0.15, 0.2) is 22.7 Å². The summed E-state index contributed by atoms with van der Waals surface area (Å²) in [6.45, 7) is 1.84. The number of hydrogen-bond acceptors (Lipinski definition) is 2. The zero-order chi connectivity index (χ0) is 12.3. The number of carbonyl (C=O) groups is 1. The second-order valence-corrected chi connectivity index (χ2v) is 5.40. The van der Waals surface area contributed by atoms with Crippen molar-refractivity contribution < 1.29 is 4.79 Å². The van der Waals surface area contributed by atoms with E-state index < -0.39 is 0 Å². The summed E-state index contributed by atoms with van der Waals surface area (Å²) in [5, 5.41) is 6.81. The number of amides is 1. The van der Waals surface area contributed by atoms with E-state index in [4.69, 9.17) is 11.6 Å². The van der Waals surface area contributed by atoms with Crippen LogP contribution >= 0.6 is 27.5 Å². The molecule has 1 saturated heterocycles. The summed E-state index contributed by atoms with van der Waals surface area (Å²) in [4.78, 5) is 12.0. The Balaban J connectivity index is 1.99. The summed E-state index contributed by atoms with van der Waals surface area (Å²) < 4.78 is 0.794. The lowest BCUT2D eigenvalue weighted by Gasteiger charge is -2.21. The fourth-order valence-corrected chi connectivity index (χ4v) is 2.40. The molecule has 0 aromatic heterocycles. The zero-order valence-electron chi connectivity index (χ0n) is 9.30. The lowest BCUT2D eigenvalue weighted by atomic mass is 9.97. The summed E-state index contributed by atoms with van der Waals surface area (Å²) in [5.74, 6) is 0.214. The minimum absolute atomic E-state index is 0.0979. The van der Waals surface area contributed by atoms with Crippen LogP contribution in [0.2, 0.25) is 5.02 Å². The zero-order valence-corrected chi connectivity index (χ0v) is 11.6. The predicted molar refractivity (Wildman–Crippen MR) is 73.4 cm³/mol. The number of anilines is 1. The third kappa shape index (κ3) is 3.44. The molecule has 0 bridgehead atoms. The van der Waals surface area contributed by atoms with Gasteiger partial charge in [0.1, 0.15) is 0 Å². The van der Waals surface area contributed by atoms with Gasteiger partial charge in [-0.05, 0) is 60.1 Å². The molecule has 1 aromatic carbocycles. The maximum absolute atomic E-state index is 12.0. The average molecular weight is 318 g/mol. The van der Waals surface area contributed by atoms with Gasteiger partial charge in [0.05, 0.1) is 5.02 Å². The van der Waals surface area contributed by atoms with Crippen LogP contribution < -0.4 is 10.6 Å². The van der Waals surface area contributed by atoms with Crippen molar-refractivity contribution in [3.8, 4) is 0 Å². The Labute approximate surface area is 114 Å². The number of carbonyl (C=O) groups excluding carboxylic acids is 1. The third-order valence-electron chi connectivity index (χ3n) is 2.90. The fraction of sp³-hybridized carbons (Fsp3) is 0.417. The molecule has 1 aromatic rings. The number of nitrogens with one attached hydrogen (secondary N) is 2. The van der Waals surface area contributed by atoms with E-state index in [-0.39, 0.29) is 11.8 Å². The molecule has 1 heterocycles. The van der Waals surface area contributed by atoms with Gasteiger partial charge in [-0.3, -0.25) is 4.79 Å². The predicted octanol–water partition coefficient (Wildman–Crippen LogP) is 3.04. The second kappa shape index (κ2) is 5.85. The van der Waals surface area contributed by atoms with E-state index in [1.165, 1.54) is 0 Å². The van der Waals surface area contributed by atoms with Crippen molar-refractivity contribution >= 4 is 39.1 Å². The quantitative estimate of drug-likeness (QED) is 0.880. The van der Waals surface area contributed by atoms with Gasteiger partial charge < -0.3 is 10.6 Å². The Morgan fingerprint density at radius 1 is 1.41 bits per heavy atom. The summed E-state index contributed by atoms with van der Waals surface area (Å²) in [6.07, 6.45) is 1.81. The molecule has 0 radical (unpaired) electrons. The Morgan fingerprint density at radius 3 is 2.76 bits per heavy atom. The Morgan fingerprint density at radius 2 is 2.12 bits per heavy atom. The van der Waals surface area contributed by atoms with Crippen LogP contribution in [0.4, 0.5) is 5.69 Å². The standard InChI is InChI=1S/C12H14BrClN2O/c13-10-7-9(1-2-11(10)14)16-12(17)8-3-5-15-6-4-8/h1-2,7-8,15H,3-6H2,(H,16,17).